The molecular weight excluding hydrogens is 253 g/mol. The molecule has 18 heavy (non-hydrogen) atoms. The van der Waals surface area contributed by atoms with Crippen molar-refractivity contribution < 1.29 is 9.18 Å². The van der Waals surface area contributed by atoms with Gasteiger partial charge in [-0.05, 0) is 24.7 Å². The largest absolute Gasteiger partial charge is 0.330 e. The molecule has 2 aromatic rings. The van der Waals surface area contributed by atoms with Gasteiger partial charge in [0.1, 0.15) is 5.82 Å². The van der Waals surface area contributed by atoms with Gasteiger partial charge in [0.2, 0.25) is 0 Å². The number of nitrogens with two attached hydrogens (primary N) is 1. The predicted octanol–water partition coefficient (Wildman–Crippen LogP) is 2.04. The third-order valence-corrected chi connectivity index (χ3v) is 3.07. The molecule has 0 spiro atoms. The fourth-order valence-electron chi connectivity index (χ4n) is 1.43. The summed E-state index contributed by atoms with van der Waals surface area (Å²) in [5, 5.41) is 4.96. The van der Waals surface area contributed by atoms with E-state index < -0.39 is 5.82 Å². The van der Waals surface area contributed by atoms with E-state index in [0.717, 1.165) is 5.69 Å². The minimum Gasteiger partial charge on any atom is -0.330 e. The number of hydrogen-bond acceptors (Lipinski definition) is 4. The zero-order chi connectivity index (χ0) is 13.0. The maximum Gasteiger partial charge on any atom is 0.257 e. The highest BCUT2D eigenvalue weighted by Gasteiger charge is 2.09. The van der Waals surface area contributed by atoms with Gasteiger partial charge in [0.25, 0.3) is 5.91 Å². The molecule has 0 aliphatic heterocycles. The molecule has 1 amide bonds. The van der Waals surface area contributed by atoms with E-state index in [4.69, 9.17) is 5.73 Å². The van der Waals surface area contributed by atoms with Crippen molar-refractivity contribution in [3.63, 3.8) is 0 Å². The van der Waals surface area contributed by atoms with Gasteiger partial charge >= 0.3 is 0 Å². The van der Waals surface area contributed by atoms with Crippen molar-refractivity contribution in [2.45, 2.75) is 6.42 Å². The van der Waals surface area contributed by atoms with Crippen LogP contribution >= 0.6 is 11.3 Å². The summed E-state index contributed by atoms with van der Waals surface area (Å²) in [6, 6.07) is 5.52. The van der Waals surface area contributed by atoms with Crippen molar-refractivity contribution in [2.75, 3.05) is 11.9 Å². The molecular formula is C12H12FN3OS. The molecule has 0 saturated heterocycles. The van der Waals surface area contributed by atoms with E-state index in [1.807, 2.05) is 5.38 Å². The number of benzene rings is 1. The van der Waals surface area contributed by atoms with Crippen LogP contribution in [-0.4, -0.2) is 17.4 Å². The summed E-state index contributed by atoms with van der Waals surface area (Å²) in [5.41, 5.74) is 6.53. The number of thiazole rings is 1. The minimum atomic E-state index is -0.439. The highest BCUT2D eigenvalue weighted by atomic mass is 32.1. The Morgan fingerprint density at radius 1 is 1.50 bits per heavy atom. The molecule has 94 valence electrons. The van der Waals surface area contributed by atoms with E-state index in [2.05, 4.69) is 10.3 Å². The summed E-state index contributed by atoms with van der Waals surface area (Å²) in [6.07, 6.45) is 0.673. The van der Waals surface area contributed by atoms with E-state index >= 15 is 0 Å². The number of halogens is 1. The summed E-state index contributed by atoms with van der Waals surface area (Å²) >= 11 is 1.32. The zero-order valence-corrected chi connectivity index (χ0v) is 10.3. The zero-order valence-electron chi connectivity index (χ0n) is 9.52. The number of nitrogens with one attached hydrogen (secondary N) is 1. The fraction of sp³-hybridized carbons (Fsp3) is 0.167. The molecule has 1 aromatic heterocycles. The van der Waals surface area contributed by atoms with Crippen LogP contribution < -0.4 is 11.1 Å². The number of amides is 1. The Hall–Kier alpha value is -1.79. The Balaban J connectivity index is 2.06. The highest BCUT2D eigenvalue weighted by molar-refractivity contribution is 7.13. The first-order chi connectivity index (χ1) is 8.69. The summed E-state index contributed by atoms with van der Waals surface area (Å²) in [4.78, 5) is 16.0. The second kappa shape index (κ2) is 5.70. The minimum absolute atomic E-state index is 0.269. The Morgan fingerprint density at radius 2 is 2.33 bits per heavy atom. The van der Waals surface area contributed by atoms with E-state index in [-0.39, 0.29) is 11.5 Å². The van der Waals surface area contributed by atoms with Crippen LogP contribution in [0.3, 0.4) is 0 Å². The number of nitrogens with zero attached hydrogens (tertiary/aromatic N) is 1. The van der Waals surface area contributed by atoms with Gasteiger partial charge < -0.3 is 5.73 Å². The lowest BCUT2D eigenvalue weighted by molar-refractivity contribution is 0.102. The Morgan fingerprint density at radius 3 is 3.06 bits per heavy atom. The van der Waals surface area contributed by atoms with Gasteiger partial charge in [-0.1, -0.05) is 6.07 Å². The van der Waals surface area contributed by atoms with Crippen LogP contribution in [0.2, 0.25) is 0 Å². The lowest BCUT2D eigenvalue weighted by Crippen LogP contribution is -2.12. The molecule has 0 aliphatic carbocycles. The van der Waals surface area contributed by atoms with Gasteiger partial charge in [0, 0.05) is 17.4 Å². The molecule has 1 aromatic carbocycles. The maximum absolute atomic E-state index is 13.0. The van der Waals surface area contributed by atoms with Gasteiger partial charge in [0.15, 0.2) is 5.13 Å². The van der Waals surface area contributed by atoms with Crippen molar-refractivity contribution in [1.29, 1.82) is 0 Å². The maximum atomic E-state index is 13.0. The predicted molar refractivity (Wildman–Crippen MR) is 69.2 cm³/mol. The Kier molecular flexibility index (Phi) is 4.01. The van der Waals surface area contributed by atoms with E-state index in [1.54, 1.807) is 6.07 Å². The lowest BCUT2D eigenvalue weighted by Gasteiger charge is -2.01. The first-order valence-electron chi connectivity index (χ1n) is 5.40. The van der Waals surface area contributed by atoms with Crippen LogP contribution in [0.25, 0.3) is 0 Å². The molecule has 2 rings (SSSR count). The average Bonchev–Trinajstić information content (AvgIpc) is 2.77. The number of carbonyl (C=O) groups is 1. The summed E-state index contributed by atoms with van der Waals surface area (Å²) in [5.74, 6) is -0.811. The van der Waals surface area contributed by atoms with E-state index in [1.165, 1.54) is 29.5 Å². The van der Waals surface area contributed by atoms with Crippen LogP contribution in [-0.2, 0) is 6.42 Å². The van der Waals surface area contributed by atoms with Gasteiger partial charge in [-0.3, -0.25) is 10.1 Å². The molecule has 0 unspecified atom stereocenters. The number of rotatable bonds is 4. The van der Waals surface area contributed by atoms with Gasteiger partial charge in [-0.15, -0.1) is 11.3 Å². The van der Waals surface area contributed by atoms with Crippen molar-refractivity contribution in [3.8, 4) is 0 Å². The van der Waals surface area contributed by atoms with Crippen molar-refractivity contribution in [3.05, 3.63) is 46.7 Å². The van der Waals surface area contributed by atoms with Gasteiger partial charge in [0.05, 0.1) is 5.69 Å². The fourth-order valence-corrected chi connectivity index (χ4v) is 2.17. The first-order valence-corrected chi connectivity index (χ1v) is 6.28. The summed E-state index contributed by atoms with van der Waals surface area (Å²) in [6.45, 7) is 0.515. The molecule has 3 N–H and O–H groups in total. The highest BCUT2D eigenvalue weighted by Crippen LogP contribution is 2.16. The molecule has 0 fully saturated rings. The number of carbonyl (C=O) groups excluding carboxylic acids is 1. The van der Waals surface area contributed by atoms with Crippen molar-refractivity contribution in [1.82, 2.24) is 4.98 Å². The van der Waals surface area contributed by atoms with Crippen molar-refractivity contribution in [2.24, 2.45) is 5.73 Å². The standard InChI is InChI=1S/C12H12FN3OS/c13-9-3-1-2-8(6-9)11(17)16-12-15-10(4-5-14)7-18-12/h1-3,6-7H,4-5,14H2,(H,15,16,17). The van der Waals surface area contributed by atoms with E-state index in [0.29, 0.717) is 18.1 Å². The van der Waals surface area contributed by atoms with Crippen LogP contribution in [0.1, 0.15) is 16.1 Å². The monoisotopic (exact) mass is 265 g/mol. The normalized spacial score (nSPS) is 10.3. The van der Waals surface area contributed by atoms with E-state index in [9.17, 15) is 9.18 Å². The third-order valence-electron chi connectivity index (χ3n) is 2.26. The Labute approximate surface area is 108 Å². The van der Waals surface area contributed by atoms with Crippen LogP contribution in [0, 0.1) is 5.82 Å². The van der Waals surface area contributed by atoms with Crippen LogP contribution in [0.5, 0.6) is 0 Å². The molecule has 0 saturated carbocycles. The topological polar surface area (TPSA) is 68.0 Å². The molecule has 1 heterocycles. The summed E-state index contributed by atoms with van der Waals surface area (Å²) in [7, 11) is 0. The summed E-state index contributed by atoms with van der Waals surface area (Å²) < 4.78 is 13.0. The molecule has 0 radical (unpaired) electrons. The van der Waals surface area contributed by atoms with Crippen LogP contribution in [0.15, 0.2) is 29.6 Å². The molecule has 0 aliphatic rings. The van der Waals surface area contributed by atoms with Gasteiger partial charge in [-0.25, -0.2) is 9.37 Å². The average molecular weight is 265 g/mol. The molecule has 4 nitrogen and oxygen atoms in total. The number of aromatic nitrogens is 1. The Bertz CT molecular complexity index is 556. The third kappa shape index (κ3) is 3.12. The van der Waals surface area contributed by atoms with Crippen molar-refractivity contribution >= 4 is 22.4 Å². The number of anilines is 1. The smallest absolute Gasteiger partial charge is 0.257 e. The quantitative estimate of drug-likeness (QED) is 0.888. The number of hydrogen-bond donors (Lipinski definition) is 2. The second-order valence-corrected chi connectivity index (χ2v) is 4.51. The first kappa shape index (κ1) is 12.7. The second-order valence-electron chi connectivity index (χ2n) is 3.65. The molecule has 0 bridgehead atoms. The van der Waals surface area contributed by atoms with Crippen LogP contribution in [0.4, 0.5) is 9.52 Å². The molecule has 0 atom stereocenters. The van der Waals surface area contributed by atoms with Gasteiger partial charge in [-0.2, -0.15) is 0 Å². The lowest BCUT2D eigenvalue weighted by atomic mass is 10.2. The molecule has 6 heteroatoms. The SMILES string of the molecule is NCCc1csc(NC(=O)c2cccc(F)c2)n1.